The maximum Gasteiger partial charge on any atom is 0.241 e. The van der Waals surface area contributed by atoms with E-state index in [4.69, 9.17) is 11.5 Å². The van der Waals surface area contributed by atoms with Crippen LogP contribution in [-0.2, 0) is 4.79 Å². The number of carbonyl (C=O) groups is 1. The number of carbonyl (C=O) groups excluding carboxylic acids is 1. The lowest BCUT2D eigenvalue weighted by Crippen LogP contribution is -2.36. The van der Waals surface area contributed by atoms with E-state index in [-0.39, 0.29) is 5.91 Å². The number of nitrogens with one attached hydrogen (secondary N) is 1. The van der Waals surface area contributed by atoms with E-state index < -0.39 is 6.04 Å². The molecule has 1 atom stereocenters. The summed E-state index contributed by atoms with van der Waals surface area (Å²) in [6, 6.07) is 6.57. The zero-order valence-electron chi connectivity index (χ0n) is 9.98. The number of hydrogen-bond acceptors (Lipinski definition) is 4. The van der Waals surface area contributed by atoms with Gasteiger partial charge in [0.15, 0.2) is 0 Å². The Morgan fingerprint density at radius 1 is 1.41 bits per heavy atom. The van der Waals surface area contributed by atoms with Gasteiger partial charge in [0.05, 0.1) is 6.04 Å². The number of benzene rings is 1. The molecule has 4 nitrogen and oxygen atoms in total. The van der Waals surface area contributed by atoms with Crippen LogP contribution in [0.15, 0.2) is 24.3 Å². The predicted octanol–water partition coefficient (Wildman–Crippen LogP) is 1.68. The third-order valence-corrected chi connectivity index (χ3v) is 3.22. The normalized spacial score (nSPS) is 12.1. The number of hydrogen-bond donors (Lipinski definition) is 3. The van der Waals surface area contributed by atoms with Gasteiger partial charge in [0.25, 0.3) is 0 Å². The van der Waals surface area contributed by atoms with Gasteiger partial charge in [-0.25, -0.2) is 0 Å². The van der Waals surface area contributed by atoms with Gasteiger partial charge in [-0.2, -0.15) is 11.8 Å². The van der Waals surface area contributed by atoms with Crippen molar-refractivity contribution in [3.05, 3.63) is 24.3 Å². The van der Waals surface area contributed by atoms with E-state index in [9.17, 15) is 4.79 Å². The number of anilines is 2. The molecule has 17 heavy (non-hydrogen) atoms. The SMILES string of the molecule is CCSCC[C@H](N)C(=O)Nc1ccc(N)cc1. The largest absolute Gasteiger partial charge is 0.399 e. The first kappa shape index (κ1) is 13.9. The highest BCUT2D eigenvalue weighted by Crippen LogP contribution is 2.11. The topological polar surface area (TPSA) is 81.1 Å². The van der Waals surface area contributed by atoms with Gasteiger partial charge in [0, 0.05) is 11.4 Å². The number of nitrogens with two attached hydrogens (primary N) is 2. The maximum absolute atomic E-state index is 11.7. The Morgan fingerprint density at radius 2 is 2.06 bits per heavy atom. The summed E-state index contributed by atoms with van der Waals surface area (Å²) in [5, 5.41) is 2.77. The van der Waals surface area contributed by atoms with E-state index in [1.165, 1.54) is 0 Å². The van der Waals surface area contributed by atoms with Gasteiger partial charge < -0.3 is 16.8 Å². The lowest BCUT2D eigenvalue weighted by Gasteiger charge is -2.11. The summed E-state index contributed by atoms with van der Waals surface area (Å²) in [4.78, 5) is 11.7. The first-order valence-electron chi connectivity index (χ1n) is 5.63. The molecule has 94 valence electrons. The fraction of sp³-hybridized carbons (Fsp3) is 0.417. The molecule has 1 aromatic carbocycles. The molecule has 5 heteroatoms. The first-order valence-corrected chi connectivity index (χ1v) is 6.78. The van der Waals surface area contributed by atoms with Crippen molar-refractivity contribution < 1.29 is 4.79 Å². The monoisotopic (exact) mass is 253 g/mol. The fourth-order valence-electron chi connectivity index (χ4n) is 1.29. The minimum absolute atomic E-state index is 0.147. The van der Waals surface area contributed by atoms with Crippen LogP contribution in [0.4, 0.5) is 11.4 Å². The second kappa shape index (κ2) is 7.19. The molecule has 0 heterocycles. The van der Waals surface area contributed by atoms with Crippen LogP contribution >= 0.6 is 11.8 Å². The lowest BCUT2D eigenvalue weighted by molar-refractivity contribution is -0.117. The van der Waals surface area contributed by atoms with Crippen LogP contribution in [0.25, 0.3) is 0 Å². The van der Waals surface area contributed by atoms with Crippen LogP contribution in [-0.4, -0.2) is 23.5 Å². The van der Waals surface area contributed by atoms with E-state index in [0.717, 1.165) is 17.2 Å². The summed E-state index contributed by atoms with van der Waals surface area (Å²) in [5.41, 5.74) is 12.7. The maximum atomic E-state index is 11.7. The van der Waals surface area contributed by atoms with E-state index in [2.05, 4.69) is 12.2 Å². The van der Waals surface area contributed by atoms with Gasteiger partial charge in [-0.15, -0.1) is 0 Å². The van der Waals surface area contributed by atoms with Crippen molar-refractivity contribution in [2.75, 3.05) is 22.6 Å². The molecule has 0 fully saturated rings. The Labute approximate surface area is 106 Å². The Morgan fingerprint density at radius 3 is 2.65 bits per heavy atom. The molecule has 0 spiro atoms. The molecule has 0 aliphatic heterocycles. The second-order valence-electron chi connectivity index (χ2n) is 3.70. The van der Waals surface area contributed by atoms with E-state index in [0.29, 0.717) is 12.1 Å². The molecule has 0 saturated heterocycles. The fourth-order valence-corrected chi connectivity index (χ4v) is 2.00. The van der Waals surface area contributed by atoms with Crippen LogP contribution in [0.1, 0.15) is 13.3 Å². The third-order valence-electron chi connectivity index (χ3n) is 2.29. The molecular formula is C12H19N3OS. The van der Waals surface area contributed by atoms with Crippen molar-refractivity contribution in [2.45, 2.75) is 19.4 Å². The van der Waals surface area contributed by atoms with Crippen LogP contribution in [0.5, 0.6) is 0 Å². The summed E-state index contributed by atoms with van der Waals surface area (Å²) >= 11 is 1.79. The summed E-state index contributed by atoms with van der Waals surface area (Å²) in [5.74, 6) is 1.81. The third kappa shape index (κ3) is 5.10. The zero-order chi connectivity index (χ0) is 12.7. The number of amides is 1. The van der Waals surface area contributed by atoms with Crippen molar-refractivity contribution in [1.82, 2.24) is 0 Å². The van der Waals surface area contributed by atoms with E-state index in [1.807, 2.05) is 0 Å². The molecule has 1 rings (SSSR count). The Bertz CT molecular complexity index is 353. The van der Waals surface area contributed by atoms with Crippen molar-refractivity contribution >= 4 is 29.0 Å². The average molecular weight is 253 g/mol. The van der Waals surface area contributed by atoms with E-state index >= 15 is 0 Å². The summed E-state index contributed by atoms with van der Waals surface area (Å²) in [7, 11) is 0. The molecule has 0 radical (unpaired) electrons. The minimum atomic E-state index is -0.452. The Kier molecular flexibility index (Phi) is 5.86. The average Bonchev–Trinajstić information content (AvgIpc) is 2.32. The first-order chi connectivity index (χ1) is 8.13. The van der Waals surface area contributed by atoms with Crippen molar-refractivity contribution in [3.63, 3.8) is 0 Å². The molecule has 0 aliphatic carbocycles. The molecule has 0 saturated carbocycles. The summed E-state index contributed by atoms with van der Waals surface area (Å²) in [6.45, 7) is 2.09. The number of nitrogen functional groups attached to an aromatic ring is 1. The molecule has 0 aromatic heterocycles. The quantitative estimate of drug-likeness (QED) is 0.532. The lowest BCUT2D eigenvalue weighted by atomic mass is 10.2. The smallest absolute Gasteiger partial charge is 0.241 e. The highest BCUT2D eigenvalue weighted by atomic mass is 32.2. The van der Waals surface area contributed by atoms with Crippen LogP contribution in [0, 0.1) is 0 Å². The summed E-state index contributed by atoms with van der Waals surface area (Å²) in [6.07, 6.45) is 0.694. The number of rotatable bonds is 6. The van der Waals surface area contributed by atoms with Crippen molar-refractivity contribution in [2.24, 2.45) is 5.73 Å². The molecular weight excluding hydrogens is 234 g/mol. The molecule has 0 aliphatic rings. The highest BCUT2D eigenvalue weighted by molar-refractivity contribution is 7.99. The van der Waals surface area contributed by atoms with Crippen LogP contribution in [0.2, 0.25) is 0 Å². The van der Waals surface area contributed by atoms with Gasteiger partial charge in [-0.1, -0.05) is 6.92 Å². The highest BCUT2D eigenvalue weighted by Gasteiger charge is 2.12. The molecule has 0 bridgehead atoms. The van der Waals surface area contributed by atoms with Crippen LogP contribution in [0.3, 0.4) is 0 Å². The second-order valence-corrected chi connectivity index (χ2v) is 5.10. The Hall–Kier alpha value is -1.20. The zero-order valence-corrected chi connectivity index (χ0v) is 10.8. The minimum Gasteiger partial charge on any atom is -0.399 e. The van der Waals surface area contributed by atoms with Gasteiger partial charge in [0.2, 0.25) is 5.91 Å². The molecule has 0 unspecified atom stereocenters. The molecule has 1 aromatic rings. The van der Waals surface area contributed by atoms with Gasteiger partial charge in [-0.3, -0.25) is 4.79 Å². The van der Waals surface area contributed by atoms with Gasteiger partial charge in [0.1, 0.15) is 0 Å². The van der Waals surface area contributed by atoms with Crippen molar-refractivity contribution in [1.29, 1.82) is 0 Å². The van der Waals surface area contributed by atoms with Gasteiger partial charge in [-0.05, 0) is 42.2 Å². The Balaban J connectivity index is 2.40. The van der Waals surface area contributed by atoms with E-state index in [1.54, 1.807) is 36.0 Å². The van der Waals surface area contributed by atoms with Crippen molar-refractivity contribution in [3.8, 4) is 0 Å². The van der Waals surface area contributed by atoms with Crippen LogP contribution < -0.4 is 16.8 Å². The molecule has 1 amide bonds. The summed E-state index contributed by atoms with van der Waals surface area (Å²) < 4.78 is 0. The molecule has 5 N–H and O–H groups in total. The van der Waals surface area contributed by atoms with Gasteiger partial charge >= 0.3 is 0 Å². The predicted molar refractivity (Wildman–Crippen MR) is 75.1 cm³/mol. The standard InChI is InChI=1S/C12H19N3OS/c1-2-17-8-7-11(14)12(16)15-10-5-3-9(13)4-6-10/h3-6,11H,2,7-8,13-14H2,1H3,(H,15,16)/t11-/m0/s1. The number of thioether (sulfide) groups is 1.